The number of allylic oxidation sites excluding steroid dienone is 3. The van der Waals surface area contributed by atoms with Gasteiger partial charge in [0.2, 0.25) is 0 Å². The molecule has 1 atom stereocenters. The minimum Gasteiger partial charge on any atom is -0.469 e. The fourth-order valence-corrected chi connectivity index (χ4v) is 5.52. The maximum Gasteiger partial charge on any atom is 0.168 e. The van der Waals surface area contributed by atoms with E-state index in [2.05, 4.69) is 40.2 Å². The average Bonchev–Trinajstić information content (AvgIpc) is 3.28. The molecule has 4 nitrogen and oxygen atoms in total. The van der Waals surface area contributed by atoms with Gasteiger partial charge in [-0.1, -0.05) is 54.8 Å². The van der Waals surface area contributed by atoms with Gasteiger partial charge in [0, 0.05) is 43.1 Å². The van der Waals surface area contributed by atoms with Crippen molar-refractivity contribution in [3.05, 3.63) is 107 Å². The number of rotatable bonds is 8. The Kier molecular flexibility index (Phi) is 9.17. The van der Waals surface area contributed by atoms with Gasteiger partial charge in [0.15, 0.2) is 11.6 Å². The number of benzene rings is 2. The molecule has 2 aromatic carbocycles. The van der Waals surface area contributed by atoms with E-state index in [9.17, 15) is 8.78 Å². The Morgan fingerprint density at radius 2 is 1.80 bits per heavy atom. The molecule has 2 aliphatic heterocycles. The largest absolute Gasteiger partial charge is 0.469 e. The van der Waals surface area contributed by atoms with Crippen LogP contribution in [0.2, 0.25) is 0 Å². The Morgan fingerprint density at radius 1 is 1.02 bits per heavy atom. The fraction of sp³-hybridized carbons (Fsp3) is 0.353. The van der Waals surface area contributed by atoms with Crippen LogP contribution in [-0.2, 0) is 13.0 Å². The highest BCUT2D eigenvalue weighted by Gasteiger charge is 2.22. The molecular weight excluding hydrogens is 504 g/mol. The third-order valence-electron chi connectivity index (χ3n) is 7.74. The van der Waals surface area contributed by atoms with Gasteiger partial charge in [-0.25, -0.2) is 8.78 Å². The lowest BCUT2D eigenvalue weighted by Gasteiger charge is -2.21. The van der Waals surface area contributed by atoms with Crippen molar-refractivity contribution < 1.29 is 13.2 Å². The highest BCUT2D eigenvalue weighted by molar-refractivity contribution is 6.11. The molecule has 0 saturated carbocycles. The summed E-state index contributed by atoms with van der Waals surface area (Å²) in [6.07, 6.45) is 14.2. The summed E-state index contributed by atoms with van der Waals surface area (Å²) < 4.78 is 34.3. The van der Waals surface area contributed by atoms with Crippen molar-refractivity contribution >= 4 is 11.9 Å². The van der Waals surface area contributed by atoms with Crippen LogP contribution in [0.3, 0.4) is 0 Å². The molecule has 40 heavy (non-hydrogen) atoms. The first-order chi connectivity index (χ1) is 19.5. The topological polar surface area (TPSA) is 41.1 Å². The summed E-state index contributed by atoms with van der Waals surface area (Å²) in [5, 5.41) is 0. The van der Waals surface area contributed by atoms with Crippen molar-refractivity contribution in [3.8, 4) is 11.1 Å². The maximum absolute atomic E-state index is 14.5. The standard InChI is InChI=1S/C34H37F2N3O/c1-24-19-33(29-10-8-11-31(35)34(29)36)38-32(30(24)21-37-2)12-7-9-28-20-27(23-40-28)26-15-13-25(14-16-26)22-39-17-5-3-4-6-18-39/h8,10-16,19-21,23,30H,3-7,9,17-18,22H2,1-2H3/b32-12+,37-21?. The monoisotopic (exact) mass is 541 g/mol. The molecule has 1 aromatic heterocycles. The van der Waals surface area contributed by atoms with Gasteiger partial charge in [0.05, 0.1) is 17.9 Å². The number of dihydropyridines is 1. The molecule has 3 heterocycles. The number of halogens is 2. The Labute approximate surface area is 235 Å². The van der Waals surface area contributed by atoms with E-state index in [-0.39, 0.29) is 11.5 Å². The van der Waals surface area contributed by atoms with E-state index in [4.69, 9.17) is 9.41 Å². The fourth-order valence-electron chi connectivity index (χ4n) is 5.52. The summed E-state index contributed by atoms with van der Waals surface area (Å²) >= 11 is 0. The van der Waals surface area contributed by atoms with E-state index in [1.807, 2.05) is 25.5 Å². The van der Waals surface area contributed by atoms with Crippen molar-refractivity contribution in [1.29, 1.82) is 0 Å². The molecule has 0 spiro atoms. The van der Waals surface area contributed by atoms with Crippen LogP contribution in [-0.4, -0.2) is 37.0 Å². The van der Waals surface area contributed by atoms with Gasteiger partial charge in [-0.15, -0.1) is 0 Å². The molecule has 0 aliphatic carbocycles. The highest BCUT2D eigenvalue weighted by Crippen LogP contribution is 2.29. The van der Waals surface area contributed by atoms with Crippen LogP contribution in [0.4, 0.5) is 8.78 Å². The number of aliphatic imine (C=N–C) groups is 2. The summed E-state index contributed by atoms with van der Waals surface area (Å²) in [6.45, 7) is 5.36. The molecule has 3 aromatic rings. The Bertz CT molecular complexity index is 1420. The number of nitrogens with zero attached hydrogens (tertiary/aromatic N) is 3. The highest BCUT2D eigenvalue weighted by atomic mass is 19.2. The molecule has 2 aliphatic rings. The first kappa shape index (κ1) is 27.9. The summed E-state index contributed by atoms with van der Waals surface area (Å²) in [7, 11) is 1.72. The maximum atomic E-state index is 14.5. The lowest BCUT2D eigenvalue weighted by molar-refractivity contribution is 0.277. The Balaban J connectivity index is 1.26. The number of furan rings is 1. The first-order valence-electron chi connectivity index (χ1n) is 14.2. The molecule has 208 valence electrons. The summed E-state index contributed by atoms with van der Waals surface area (Å²) in [5.41, 5.74) is 5.89. The molecule has 0 N–H and O–H groups in total. The van der Waals surface area contributed by atoms with Crippen LogP contribution in [0, 0.1) is 17.6 Å². The second-order valence-electron chi connectivity index (χ2n) is 10.7. The summed E-state index contributed by atoms with van der Waals surface area (Å²) in [4.78, 5) is 11.5. The second-order valence-corrected chi connectivity index (χ2v) is 10.7. The lowest BCUT2D eigenvalue weighted by Crippen LogP contribution is -2.23. The lowest BCUT2D eigenvalue weighted by atomic mass is 9.91. The number of aryl methyl sites for hydroxylation is 1. The predicted molar refractivity (Wildman–Crippen MR) is 159 cm³/mol. The van der Waals surface area contributed by atoms with Crippen LogP contribution in [0.1, 0.15) is 55.9 Å². The Morgan fingerprint density at radius 3 is 2.55 bits per heavy atom. The van der Waals surface area contributed by atoms with Crippen LogP contribution < -0.4 is 0 Å². The molecule has 1 saturated heterocycles. The van der Waals surface area contributed by atoms with Gasteiger partial charge >= 0.3 is 0 Å². The summed E-state index contributed by atoms with van der Waals surface area (Å²) in [6, 6.07) is 15.1. The van der Waals surface area contributed by atoms with Crippen LogP contribution in [0.25, 0.3) is 11.1 Å². The molecule has 0 amide bonds. The molecule has 5 rings (SSSR count). The van der Waals surface area contributed by atoms with Gasteiger partial charge < -0.3 is 4.42 Å². The van der Waals surface area contributed by atoms with Crippen molar-refractivity contribution in [2.24, 2.45) is 15.9 Å². The van der Waals surface area contributed by atoms with Gasteiger partial charge in [-0.05, 0) is 74.7 Å². The minimum atomic E-state index is -0.884. The van der Waals surface area contributed by atoms with Crippen molar-refractivity contribution in [2.45, 2.75) is 52.0 Å². The quantitative estimate of drug-likeness (QED) is 0.270. The molecular formula is C34H37F2N3O. The van der Waals surface area contributed by atoms with Crippen LogP contribution >= 0.6 is 0 Å². The van der Waals surface area contributed by atoms with Crippen molar-refractivity contribution in [3.63, 3.8) is 0 Å². The van der Waals surface area contributed by atoms with E-state index in [1.165, 1.54) is 50.4 Å². The number of hydrogen-bond acceptors (Lipinski definition) is 4. The normalized spacial score (nSPS) is 19.6. The molecule has 0 radical (unpaired) electrons. The van der Waals surface area contributed by atoms with Gasteiger partial charge in [0.25, 0.3) is 0 Å². The van der Waals surface area contributed by atoms with Crippen LogP contribution in [0.5, 0.6) is 0 Å². The molecule has 6 heteroatoms. The van der Waals surface area contributed by atoms with E-state index < -0.39 is 11.6 Å². The number of hydrogen-bond donors (Lipinski definition) is 0. The van der Waals surface area contributed by atoms with Gasteiger partial charge in [-0.2, -0.15) is 0 Å². The van der Waals surface area contributed by atoms with E-state index in [0.29, 0.717) is 18.6 Å². The van der Waals surface area contributed by atoms with Gasteiger partial charge in [0.1, 0.15) is 5.76 Å². The van der Waals surface area contributed by atoms with E-state index in [0.717, 1.165) is 40.8 Å². The minimum absolute atomic E-state index is 0.106. The summed E-state index contributed by atoms with van der Waals surface area (Å²) in [5.74, 6) is -0.977. The third kappa shape index (κ3) is 6.73. The zero-order valence-corrected chi connectivity index (χ0v) is 23.4. The van der Waals surface area contributed by atoms with E-state index in [1.54, 1.807) is 19.2 Å². The molecule has 0 bridgehead atoms. The van der Waals surface area contributed by atoms with Gasteiger partial charge in [-0.3, -0.25) is 14.9 Å². The third-order valence-corrected chi connectivity index (χ3v) is 7.74. The first-order valence-corrected chi connectivity index (χ1v) is 14.2. The molecule has 1 fully saturated rings. The second kappa shape index (κ2) is 13.1. The van der Waals surface area contributed by atoms with E-state index >= 15 is 0 Å². The zero-order valence-electron chi connectivity index (χ0n) is 23.4. The predicted octanol–water partition coefficient (Wildman–Crippen LogP) is 8.18. The Hall–Kier alpha value is -3.64. The average molecular weight is 542 g/mol. The SMILES string of the molecule is CN=CC1C(C)=CC(c2cccc(F)c2F)=N/C1=C/CCc1cc(-c2ccc(CN3CCCCCC3)cc2)co1. The van der Waals surface area contributed by atoms with Crippen LogP contribution in [0.15, 0.2) is 92.6 Å². The molecule has 1 unspecified atom stereocenters. The smallest absolute Gasteiger partial charge is 0.168 e. The zero-order chi connectivity index (χ0) is 27.9. The number of likely N-dealkylation sites (tertiary alicyclic amines) is 1. The van der Waals surface area contributed by atoms with Crippen molar-refractivity contribution in [2.75, 3.05) is 20.1 Å². The van der Waals surface area contributed by atoms with Crippen molar-refractivity contribution in [1.82, 2.24) is 4.90 Å².